The fourth-order valence-electron chi connectivity index (χ4n) is 3.90. The van der Waals surface area contributed by atoms with Gasteiger partial charge >= 0.3 is 0 Å². The summed E-state index contributed by atoms with van der Waals surface area (Å²) in [5.74, 6) is 1.18. The molecule has 1 aromatic rings. The zero-order valence-corrected chi connectivity index (χ0v) is 15.4. The average Bonchev–Trinajstić information content (AvgIpc) is 2.78. The topological polar surface area (TPSA) is 25.4 Å². The standard InChI is InChI=1S/C18H30N2OSi/c1-22(2,3)13-12-21-15-20-14-18(9-5-4-6-10-18)16-8-7-11-19-17(16)20/h7-8,11H,4-6,9-10,12-15H2,1-3H3. The van der Waals surface area contributed by atoms with Crippen molar-refractivity contribution >= 4 is 13.9 Å². The van der Waals surface area contributed by atoms with Crippen LogP contribution in [0.5, 0.6) is 0 Å². The fraction of sp³-hybridized carbons (Fsp3) is 0.722. The van der Waals surface area contributed by atoms with Crippen LogP contribution in [0.25, 0.3) is 0 Å². The molecule has 2 aliphatic rings. The summed E-state index contributed by atoms with van der Waals surface area (Å²) < 4.78 is 6.01. The van der Waals surface area contributed by atoms with Crippen molar-refractivity contribution in [3.05, 3.63) is 23.9 Å². The molecule has 1 spiro atoms. The molecule has 0 atom stereocenters. The van der Waals surface area contributed by atoms with Gasteiger partial charge in [0.2, 0.25) is 0 Å². The van der Waals surface area contributed by atoms with Crippen LogP contribution in [-0.2, 0) is 10.2 Å². The normalized spacial score (nSPS) is 20.4. The van der Waals surface area contributed by atoms with E-state index in [1.807, 2.05) is 6.20 Å². The Labute approximate surface area is 136 Å². The van der Waals surface area contributed by atoms with Crippen molar-refractivity contribution in [3.8, 4) is 0 Å². The Bertz CT molecular complexity index is 506. The zero-order valence-electron chi connectivity index (χ0n) is 14.4. The van der Waals surface area contributed by atoms with Crippen LogP contribution in [-0.4, -0.2) is 32.9 Å². The van der Waals surface area contributed by atoms with Gasteiger partial charge in [-0.15, -0.1) is 0 Å². The number of hydrogen-bond acceptors (Lipinski definition) is 3. The Hall–Kier alpha value is -0.873. The second-order valence-corrected chi connectivity index (χ2v) is 13.9. The van der Waals surface area contributed by atoms with Crippen molar-refractivity contribution in [1.82, 2.24) is 4.98 Å². The number of pyridine rings is 1. The molecule has 0 unspecified atom stereocenters. The highest BCUT2D eigenvalue weighted by atomic mass is 28.3. The first kappa shape index (κ1) is 16.0. The number of rotatable bonds is 5. The van der Waals surface area contributed by atoms with Crippen LogP contribution < -0.4 is 4.90 Å². The van der Waals surface area contributed by atoms with Crippen LogP contribution >= 0.6 is 0 Å². The first-order valence-corrected chi connectivity index (χ1v) is 12.5. The largest absolute Gasteiger partial charge is 0.361 e. The maximum Gasteiger partial charge on any atom is 0.134 e. The second-order valence-electron chi connectivity index (χ2n) is 8.26. The molecule has 1 fully saturated rings. The van der Waals surface area contributed by atoms with E-state index in [2.05, 4.69) is 41.7 Å². The van der Waals surface area contributed by atoms with E-state index in [0.29, 0.717) is 12.1 Å². The van der Waals surface area contributed by atoms with Crippen LogP contribution in [0.3, 0.4) is 0 Å². The maximum absolute atomic E-state index is 6.01. The Balaban J connectivity index is 1.66. The molecule has 0 amide bonds. The first-order valence-electron chi connectivity index (χ1n) is 8.78. The van der Waals surface area contributed by atoms with E-state index in [-0.39, 0.29) is 0 Å². The molecule has 0 N–H and O–H groups in total. The summed E-state index contributed by atoms with van der Waals surface area (Å²) in [4.78, 5) is 7.05. The lowest BCUT2D eigenvalue weighted by atomic mass is 9.71. The molecule has 0 saturated heterocycles. The Morgan fingerprint density at radius 2 is 2.00 bits per heavy atom. The summed E-state index contributed by atoms with van der Waals surface area (Å²) in [5, 5.41) is 0. The van der Waals surface area contributed by atoms with Crippen LogP contribution in [0.2, 0.25) is 25.7 Å². The van der Waals surface area contributed by atoms with E-state index in [0.717, 1.165) is 13.2 Å². The number of fused-ring (bicyclic) bond motifs is 2. The molecule has 0 aromatic carbocycles. The van der Waals surface area contributed by atoms with Crippen LogP contribution in [0.4, 0.5) is 5.82 Å². The monoisotopic (exact) mass is 318 g/mol. The maximum atomic E-state index is 6.01. The van der Waals surface area contributed by atoms with Gasteiger partial charge in [-0.05, 0) is 25.0 Å². The van der Waals surface area contributed by atoms with Gasteiger partial charge < -0.3 is 9.64 Å². The van der Waals surface area contributed by atoms with Crippen LogP contribution in [0.15, 0.2) is 18.3 Å². The van der Waals surface area contributed by atoms with E-state index < -0.39 is 8.07 Å². The highest BCUT2D eigenvalue weighted by Crippen LogP contribution is 2.48. The van der Waals surface area contributed by atoms with E-state index in [9.17, 15) is 0 Å². The highest BCUT2D eigenvalue weighted by molar-refractivity contribution is 6.76. The van der Waals surface area contributed by atoms with Gasteiger partial charge in [0.05, 0.1) is 0 Å². The van der Waals surface area contributed by atoms with Gasteiger partial charge in [-0.1, -0.05) is 45.0 Å². The van der Waals surface area contributed by atoms with Gasteiger partial charge in [-0.2, -0.15) is 0 Å². The third-order valence-corrected chi connectivity index (χ3v) is 6.91. The molecule has 1 aliphatic carbocycles. The smallest absolute Gasteiger partial charge is 0.134 e. The molecule has 3 nitrogen and oxygen atoms in total. The SMILES string of the molecule is C[Si](C)(C)CCOCN1CC2(CCCCC2)c2cccnc21. The van der Waals surface area contributed by atoms with Crippen molar-refractivity contribution in [2.24, 2.45) is 0 Å². The summed E-state index contributed by atoms with van der Waals surface area (Å²) in [7, 11) is -1.00. The van der Waals surface area contributed by atoms with E-state index in [4.69, 9.17) is 4.74 Å². The Morgan fingerprint density at radius 3 is 2.73 bits per heavy atom. The van der Waals surface area contributed by atoms with E-state index in [1.165, 1.54) is 49.5 Å². The minimum absolute atomic E-state index is 0.351. The summed E-state index contributed by atoms with van der Waals surface area (Å²) in [6.45, 7) is 9.91. The van der Waals surface area contributed by atoms with Gasteiger partial charge in [0.15, 0.2) is 0 Å². The van der Waals surface area contributed by atoms with Crippen molar-refractivity contribution in [2.75, 3.05) is 24.8 Å². The molecule has 0 bridgehead atoms. The predicted molar refractivity (Wildman–Crippen MR) is 95.3 cm³/mol. The number of ether oxygens (including phenoxy) is 1. The number of anilines is 1. The Morgan fingerprint density at radius 1 is 1.23 bits per heavy atom. The molecule has 1 aromatic heterocycles. The average molecular weight is 319 g/mol. The number of aromatic nitrogens is 1. The molecule has 1 saturated carbocycles. The summed E-state index contributed by atoms with van der Waals surface area (Å²) in [6.07, 6.45) is 8.67. The predicted octanol–water partition coefficient (Wildman–Crippen LogP) is 4.42. The number of hydrogen-bond donors (Lipinski definition) is 0. The lowest BCUT2D eigenvalue weighted by molar-refractivity contribution is 0.142. The van der Waals surface area contributed by atoms with Gasteiger partial charge in [-0.3, -0.25) is 0 Å². The van der Waals surface area contributed by atoms with Crippen molar-refractivity contribution < 1.29 is 4.74 Å². The molecule has 3 rings (SSSR count). The van der Waals surface area contributed by atoms with E-state index in [1.54, 1.807) is 0 Å². The summed E-state index contributed by atoms with van der Waals surface area (Å²) in [5.41, 5.74) is 1.83. The highest BCUT2D eigenvalue weighted by Gasteiger charge is 2.43. The molecule has 2 heterocycles. The quantitative estimate of drug-likeness (QED) is 0.594. The van der Waals surface area contributed by atoms with Gasteiger partial charge in [0.1, 0.15) is 12.5 Å². The van der Waals surface area contributed by atoms with Crippen molar-refractivity contribution in [1.29, 1.82) is 0 Å². The molecular weight excluding hydrogens is 288 g/mol. The van der Waals surface area contributed by atoms with Crippen LogP contribution in [0.1, 0.15) is 37.7 Å². The molecule has 4 heteroatoms. The second kappa shape index (κ2) is 6.32. The first-order chi connectivity index (χ1) is 10.5. The minimum atomic E-state index is -1.00. The van der Waals surface area contributed by atoms with Crippen molar-refractivity contribution in [3.63, 3.8) is 0 Å². The lowest BCUT2D eigenvalue weighted by Gasteiger charge is -2.34. The van der Waals surface area contributed by atoms with Crippen LogP contribution in [0, 0.1) is 0 Å². The summed E-state index contributed by atoms with van der Waals surface area (Å²) in [6, 6.07) is 5.64. The lowest BCUT2D eigenvalue weighted by Crippen LogP contribution is -2.36. The zero-order chi connectivity index (χ0) is 15.6. The van der Waals surface area contributed by atoms with Gasteiger partial charge in [0.25, 0.3) is 0 Å². The van der Waals surface area contributed by atoms with Gasteiger partial charge in [-0.25, -0.2) is 4.98 Å². The summed E-state index contributed by atoms with van der Waals surface area (Å²) >= 11 is 0. The van der Waals surface area contributed by atoms with Gasteiger partial charge in [0, 0.05) is 38.4 Å². The molecule has 0 radical (unpaired) electrons. The molecule has 22 heavy (non-hydrogen) atoms. The molecule has 1 aliphatic heterocycles. The van der Waals surface area contributed by atoms with E-state index >= 15 is 0 Å². The number of nitrogens with zero attached hydrogens (tertiary/aromatic N) is 2. The molecular formula is C18H30N2OSi. The van der Waals surface area contributed by atoms with Crippen molar-refractivity contribution in [2.45, 2.75) is 63.2 Å². The molecule has 122 valence electrons. The Kier molecular flexibility index (Phi) is 4.60. The minimum Gasteiger partial charge on any atom is -0.361 e. The third kappa shape index (κ3) is 3.38. The fourth-order valence-corrected chi connectivity index (χ4v) is 4.66. The third-order valence-electron chi connectivity index (χ3n) is 5.21.